The fourth-order valence-electron chi connectivity index (χ4n) is 2.70. The first-order chi connectivity index (χ1) is 9.75. The van der Waals surface area contributed by atoms with Crippen molar-refractivity contribution in [2.45, 2.75) is 57.5 Å². The minimum atomic E-state index is 0.104. The standard InChI is InChI=1S/C16H25N3O/c1-13(14-7-6-10-17-11-14)18-12-16(20)19-15-8-4-2-3-5-9-15/h6-7,10-11,13,15,18H,2-5,8-9,12H2,1H3,(H,19,20). The molecule has 1 aromatic heterocycles. The van der Waals surface area contributed by atoms with Crippen LogP contribution in [-0.4, -0.2) is 23.5 Å². The largest absolute Gasteiger partial charge is 0.352 e. The molecule has 1 atom stereocenters. The highest BCUT2D eigenvalue weighted by atomic mass is 16.1. The molecule has 0 saturated heterocycles. The second kappa shape index (κ2) is 8.00. The number of hydrogen-bond acceptors (Lipinski definition) is 3. The maximum absolute atomic E-state index is 12.0. The molecule has 1 aliphatic rings. The van der Waals surface area contributed by atoms with E-state index in [1.54, 1.807) is 6.20 Å². The van der Waals surface area contributed by atoms with E-state index in [4.69, 9.17) is 0 Å². The van der Waals surface area contributed by atoms with Crippen LogP contribution in [-0.2, 0) is 4.79 Å². The van der Waals surface area contributed by atoms with Crippen molar-refractivity contribution in [1.29, 1.82) is 0 Å². The van der Waals surface area contributed by atoms with Crippen molar-refractivity contribution >= 4 is 5.91 Å². The molecule has 1 heterocycles. The smallest absolute Gasteiger partial charge is 0.234 e. The van der Waals surface area contributed by atoms with Crippen molar-refractivity contribution in [3.05, 3.63) is 30.1 Å². The lowest BCUT2D eigenvalue weighted by Gasteiger charge is -2.18. The molecule has 4 nitrogen and oxygen atoms in total. The summed E-state index contributed by atoms with van der Waals surface area (Å²) in [6, 6.07) is 4.46. The number of rotatable bonds is 5. The van der Waals surface area contributed by atoms with Gasteiger partial charge in [0.1, 0.15) is 0 Å². The van der Waals surface area contributed by atoms with Crippen molar-refractivity contribution in [2.75, 3.05) is 6.54 Å². The third-order valence-corrected chi connectivity index (χ3v) is 3.97. The Hall–Kier alpha value is -1.42. The van der Waals surface area contributed by atoms with E-state index in [-0.39, 0.29) is 11.9 Å². The number of carbonyl (C=O) groups is 1. The Labute approximate surface area is 121 Å². The average molecular weight is 275 g/mol. The van der Waals surface area contributed by atoms with Crippen molar-refractivity contribution in [1.82, 2.24) is 15.6 Å². The minimum absolute atomic E-state index is 0.104. The highest BCUT2D eigenvalue weighted by molar-refractivity contribution is 5.78. The Balaban J connectivity index is 1.71. The molecule has 2 rings (SSSR count). The van der Waals surface area contributed by atoms with E-state index in [1.807, 2.05) is 18.3 Å². The van der Waals surface area contributed by atoms with Gasteiger partial charge in [0, 0.05) is 24.5 Å². The number of pyridine rings is 1. The number of carbonyl (C=O) groups excluding carboxylic acids is 1. The van der Waals surface area contributed by atoms with Gasteiger partial charge in [-0.3, -0.25) is 9.78 Å². The Bertz CT molecular complexity index is 399. The van der Waals surface area contributed by atoms with Gasteiger partial charge in [-0.05, 0) is 31.4 Å². The lowest BCUT2D eigenvalue weighted by atomic mass is 10.1. The monoisotopic (exact) mass is 275 g/mol. The molecule has 1 aliphatic carbocycles. The van der Waals surface area contributed by atoms with Gasteiger partial charge < -0.3 is 10.6 Å². The number of nitrogens with one attached hydrogen (secondary N) is 2. The molecular weight excluding hydrogens is 250 g/mol. The molecular formula is C16H25N3O. The molecule has 0 radical (unpaired) electrons. The van der Waals surface area contributed by atoms with Gasteiger partial charge in [0.25, 0.3) is 0 Å². The first kappa shape index (κ1) is 15.0. The number of amides is 1. The highest BCUT2D eigenvalue weighted by Gasteiger charge is 2.15. The van der Waals surface area contributed by atoms with Crippen LogP contribution in [0.3, 0.4) is 0 Å². The lowest BCUT2D eigenvalue weighted by Crippen LogP contribution is -2.40. The second-order valence-electron chi connectivity index (χ2n) is 5.64. The molecule has 1 amide bonds. The molecule has 2 N–H and O–H groups in total. The first-order valence-electron chi connectivity index (χ1n) is 7.68. The zero-order chi connectivity index (χ0) is 14.2. The zero-order valence-electron chi connectivity index (χ0n) is 12.3. The van der Waals surface area contributed by atoms with Gasteiger partial charge in [0.2, 0.25) is 5.91 Å². The van der Waals surface area contributed by atoms with Gasteiger partial charge >= 0.3 is 0 Å². The molecule has 20 heavy (non-hydrogen) atoms. The van der Waals surface area contributed by atoms with Crippen LogP contribution in [0, 0.1) is 0 Å². The van der Waals surface area contributed by atoms with Gasteiger partial charge in [-0.15, -0.1) is 0 Å². The molecule has 1 fully saturated rings. The molecule has 1 aromatic rings. The van der Waals surface area contributed by atoms with Crippen molar-refractivity contribution in [2.24, 2.45) is 0 Å². The van der Waals surface area contributed by atoms with Crippen LogP contribution in [0.2, 0.25) is 0 Å². The Morgan fingerprint density at radius 2 is 2.10 bits per heavy atom. The van der Waals surface area contributed by atoms with Gasteiger partial charge in [-0.2, -0.15) is 0 Å². The van der Waals surface area contributed by atoms with Gasteiger partial charge in [-0.25, -0.2) is 0 Å². The highest BCUT2D eigenvalue weighted by Crippen LogP contribution is 2.17. The van der Waals surface area contributed by atoms with Crippen LogP contribution in [0.4, 0.5) is 0 Å². The topological polar surface area (TPSA) is 54.0 Å². The van der Waals surface area contributed by atoms with E-state index >= 15 is 0 Å². The zero-order valence-corrected chi connectivity index (χ0v) is 12.3. The van der Waals surface area contributed by atoms with E-state index in [2.05, 4.69) is 22.5 Å². The summed E-state index contributed by atoms with van der Waals surface area (Å²) in [7, 11) is 0. The normalized spacial score (nSPS) is 18.2. The molecule has 0 aliphatic heterocycles. The molecule has 0 bridgehead atoms. The predicted molar refractivity (Wildman–Crippen MR) is 80.3 cm³/mol. The summed E-state index contributed by atoms with van der Waals surface area (Å²) in [4.78, 5) is 16.1. The quantitative estimate of drug-likeness (QED) is 0.812. The summed E-state index contributed by atoms with van der Waals surface area (Å²) in [6.07, 6.45) is 10.9. The van der Waals surface area contributed by atoms with Gasteiger partial charge in [-0.1, -0.05) is 31.7 Å². The molecule has 0 aromatic carbocycles. The van der Waals surface area contributed by atoms with E-state index in [0.29, 0.717) is 12.6 Å². The van der Waals surface area contributed by atoms with E-state index < -0.39 is 0 Å². The average Bonchev–Trinajstić information content (AvgIpc) is 2.74. The fraction of sp³-hybridized carbons (Fsp3) is 0.625. The van der Waals surface area contributed by atoms with Gasteiger partial charge in [0.05, 0.1) is 6.54 Å². The molecule has 4 heteroatoms. The van der Waals surface area contributed by atoms with Crippen LogP contribution in [0.1, 0.15) is 57.1 Å². The Morgan fingerprint density at radius 3 is 2.75 bits per heavy atom. The second-order valence-corrected chi connectivity index (χ2v) is 5.64. The lowest BCUT2D eigenvalue weighted by molar-refractivity contribution is -0.121. The van der Waals surface area contributed by atoms with Crippen LogP contribution in [0.5, 0.6) is 0 Å². The van der Waals surface area contributed by atoms with E-state index in [0.717, 1.165) is 18.4 Å². The molecule has 110 valence electrons. The SMILES string of the molecule is CC(NCC(=O)NC1CCCCCC1)c1cccnc1. The first-order valence-corrected chi connectivity index (χ1v) is 7.68. The third-order valence-electron chi connectivity index (χ3n) is 3.97. The number of nitrogens with zero attached hydrogens (tertiary/aromatic N) is 1. The summed E-state index contributed by atoms with van der Waals surface area (Å²) in [5.74, 6) is 0.104. The maximum atomic E-state index is 12.0. The summed E-state index contributed by atoms with van der Waals surface area (Å²) in [6.45, 7) is 2.42. The van der Waals surface area contributed by atoms with Crippen LogP contribution >= 0.6 is 0 Å². The third kappa shape index (κ3) is 4.93. The number of aromatic nitrogens is 1. The molecule has 0 spiro atoms. The Morgan fingerprint density at radius 1 is 1.35 bits per heavy atom. The van der Waals surface area contributed by atoms with Crippen molar-refractivity contribution in [3.8, 4) is 0 Å². The molecule has 1 saturated carbocycles. The number of hydrogen-bond donors (Lipinski definition) is 2. The van der Waals surface area contributed by atoms with Crippen molar-refractivity contribution < 1.29 is 4.79 Å². The van der Waals surface area contributed by atoms with Crippen LogP contribution in [0.15, 0.2) is 24.5 Å². The van der Waals surface area contributed by atoms with E-state index in [1.165, 1.54) is 25.7 Å². The summed E-state index contributed by atoms with van der Waals surface area (Å²) >= 11 is 0. The molecule has 1 unspecified atom stereocenters. The maximum Gasteiger partial charge on any atom is 0.234 e. The van der Waals surface area contributed by atoms with Crippen LogP contribution < -0.4 is 10.6 Å². The Kier molecular flexibility index (Phi) is 5.99. The minimum Gasteiger partial charge on any atom is -0.352 e. The summed E-state index contributed by atoms with van der Waals surface area (Å²) in [5, 5.41) is 6.40. The fourth-order valence-corrected chi connectivity index (χ4v) is 2.70. The summed E-state index contributed by atoms with van der Waals surface area (Å²) in [5.41, 5.74) is 1.11. The van der Waals surface area contributed by atoms with Crippen LogP contribution in [0.25, 0.3) is 0 Å². The predicted octanol–water partition coefficient (Wildman–Crippen LogP) is 2.57. The van der Waals surface area contributed by atoms with E-state index in [9.17, 15) is 4.79 Å². The summed E-state index contributed by atoms with van der Waals surface area (Å²) < 4.78 is 0. The van der Waals surface area contributed by atoms with Crippen molar-refractivity contribution in [3.63, 3.8) is 0 Å². The van der Waals surface area contributed by atoms with Gasteiger partial charge in [0.15, 0.2) is 0 Å².